The van der Waals surface area contributed by atoms with Gasteiger partial charge in [0.1, 0.15) is 0 Å². The first-order valence-corrected chi connectivity index (χ1v) is 20.3. The van der Waals surface area contributed by atoms with Crippen LogP contribution in [0.4, 0.5) is 0 Å². The number of hydrogen-bond donors (Lipinski definition) is 0. The summed E-state index contributed by atoms with van der Waals surface area (Å²) in [6.07, 6.45) is 11.6. The Labute approximate surface area is 333 Å². The molecule has 7 aromatic rings. The summed E-state index contributed by atoms with van der Waals surface area (Å²) < 4.78 is 4.99. The lowest BCUT2D eigenvalue weighted by molar-refractivity contribution is -0.720. The highest BCUT2D eigenvalue weighted by atomic mass is 15.0. The molecule has 0 spiro atoms. The molecule has 2 atom stereocenters. The molecule has 3 aromatic heterocycles. The van der Waals surface area contributed by atoms with Crippen LogP contribution < -0.4 is 9.13 Å². The van der Waals surface area contributed by atoms with Gasteiger partial charge < -0.3 is 0 Å². The van der Waals surface area contributed by atoms with Gasteiger partial charge in [0, 0.05) is 53.0 Å². The quantitative estimate of drug-likeness (QED) is 0.162. The van der Waals surface area contributed by atoms with E-state index < -0.39 is 0 Å². The fraction of sp³-hybridized carbons (Fsp3) is 0.264. The summed E-state index contributed by atoms with van der Waals surface area (Å²) in [6.45, 7) is 22.9. The number of aromatic nitrogens is 3. The highest BCUT2D eigenvalue weighted by Gasteiger charge is 2.43. The predicted octanol–water partition coefficient (Wildman–Crippen LogP) is 12.5. The van der Waals surface area contributed by atoms with Gasteiger partial charge in [-0.3, -0.25) is 4.98 Å². The molecule has 0 amide bonds. The van der Waals surface area contributed by atoms with Gasteiger partial charge in [0.2, 0.25) is 11.4 Å². The molecule has 4 aromatic carbocycles. The van der Waals surface area contributed by atoms with Crippen molar-refractivity contribution in [2.75, 3.05) is 0 Å². The van der Waals surface area contributed by atoms with Crippen LogP contribution in [-0.2, 0) is 11.8 Å². The van der Waals surface area contributed by atoms with Gasteiger partial charge in [-0.25, -0.2) is 0 Å². The first kappa shape index (κ1) is 36.0. The summed E-state index contributed by atoms with van der Waals surface area (Å²) in [5, 5.41) is 2.40. The third-order valence-electron chi connectivity index (χ3n) is 12.8. The number of hydrogen-bond acceptors (Lipinski definition) is 1. The van der Waals surface area contributed by atoms with Crippen LogP contribution in [0.15, 0.2) is 122 Å². The van der Waals surface area contributed by atoms with Crippen molar-refractivity contribution in [1.29, 1.82) is 0 Å². The first-order chi connectivity index (χ1) is 26.9. The van der Waals surface area contributed by atoms with E-state index in [1.165, 1.54) is 100 Å². The lowest BCUT2D eigenvalue weighted by Crippen LogP contribution is -2.50. The number of rotatable bonds is 2. The molecular weight excluding hydrogens is 679 g/mol. The van der Waals surface area contributed by atoms with Crippen LogP contribution in [0.5, 0.6) is 0 Å². The summed E-state index contributed by atoms with van der Waals surface area (Å²) in [6, 6.07) is 35.3. The second kappa shape index (κ2) is 13.5. The largest absolute Gasteiger partial charge is 0.264 e. The van der Waals surface area contributed by atoms with Crippen molar-refractivity contribution in [3.63, 3.8) is 0 Å². The summed E-state index contributed by atoms with van der Waals surface area (Å²) in [4.78, 5) is 4.63. The van der Waals surface area contributed by atoms with Gasteiger partial charge in [-0.1, -0.05) is 86.5 Å². The minimum absolute atomic E-state index is 0.00261. The Morgan fingerprint density at radius 3 is 2.20 bits per heavy atom. The smallest absolute Gasteiger partial charge is 0.218 e. The van der Waals surface area contributed by atoms with Crippen LogP contribution in [0.2, 0.25) is 0 Å². The summed E-state index contributed by atoms with van der Waals surface area (Å²) in [5.74, 6) is 0.346. The summed E-state index contributed by atoms with van der Waals surface area (Å²) >= 11 is 0. The van der Waals surface area contributed by atoms with Crippen LogP contribution in [0.3, 0.4) is 0 Å². The fourth-order valence-corrected chi connectivity index (χ4v) is 9.57. The standard InChI is InChI=1S/C53H53N3/c1-32-10-15-41(35(4)24-32)43-19-18-42(44-20-22-54-30-49(43)44)39-13-12-38-14-17-46-48-25-33(2)11-16-45(48)50-26-34(3)36(5)31-56(50)51(46)27-37(6)55-23-21-40(53(7,8)9)29-52(55)47(38)28-39/h10-13,15-16,18-26,28-31,46,51H,6,14,17,27H2,1-5,7-9H3/q+2. The second-order valence-corrected chi connectivity index (χ2v) is 17.7. The predicted molar refractivity (Wildman–Crippen MR) is 233 cm³/mol. The van der Waals surface area contributed by atoms with E-state index in [2.05, 4.69) is 173 Å². The number of nitrogens with zero attached hydrogens (tertiary/aromatic N) is 3. The average molecular weight is 732 g/mol. The Hall–Kier alpha value is -5.67. The lowest BCUT2D eigenvalue weighted by atomic mass is 9.76. The van der Waals surface area contributed by atoms with Crippen molar-refractivity contribution < 1.29 is 9.13 Å². The van der Waals surface area contributed by atoms with Crippen molar-refractivity contribution in [3.8, 4) is 44.8 Å². The molecule has 2 aliphatic heterocycles. The monoisotopic (exact) mass is 731 g/mol. The Kier molecular flexibility index (Phi) is 8.69. The minimum Gasteiger partial charge on any atom is -0.264 e. The maximum atomic E-state index is 4.89. The average Bonchev–Trinajstić information content (AvgIpc) is 3.17. The molecule has 0 radical (unpaired) electrons. The maximum Gasteiger partial charge on any atom is 0.218 e. The van der Waals surface area contributed by atoms with Crippen molar-refractivity contribution >= 4 is 16.5 Å². The van der Waals surface area contributed by atoms with E-state index in [-0.39, 0.29) is 11.5 Å². The van der Waals surface area contributed by atoms with Crippen LogP contribution in [0, 0.1) is 34.6 Å². The molecule has 2 aliphatic rings. The highest BCUT2D eigenvalue weighted by molar-refractivity contribution is 6.05. The molecule has 5 heterocycles. The van der Waals surface area contributed by atoms with E-state index in [1.54, 1.807) is 0 Å². The number of benzene rings is 4. The van der Waals surface area contributed by atoms with E-state index in [9.17, 15) is 0 Å². The third kappa shape index (κ3) is 6.09. The van der Waals surface area contributed by atoms with E-state index >= 15 is 0 Å². The molecule has 0 bridgehead atoms. The normalized spacial score (nSPS) is 16.4. The highest BCUT2D eigenvalue weighted by Crippen LogP contribution is 2.46. The first-order valence-electron chi connectivity index (χ1n) is 20.3. The number of fused-ring (bicyclic) bond motifs is 10. The Morgan fingerprint density at radius 1 is 0.661 bits per heavy atom. The molecule has 0 aliphatic carbocycles. The second-order valence-electron chi connectivity index (χ2n) is 17.7. The topological polar surface area (TPSA) is 20.6 Å². The summed E-state index contributed by atoms with van der Waals surface area (Å²) in [7, 11) is 0. The molecule has 0 saturated carbocycles. The zero-order chi connectivity index (χ0) is 39.0. The Bertz CT molecular complexity index is 2740. The van der Waals surface area contributed by atoms with Crippen LogP contribution in [0.25, 0.3) is 61.2 Å². The van der Waals surface area contributed by atoms with Gasteiger partial charge in [0.25, 0.3) is 0 Å². The Balaban J connectivity index is 1.24. The van der Waals surface area contributed by atoms with Gasteiger partial charge in [-0.05, 0) is 133 Å². The molecular formula is C53H53N3+2. The van der Waals surface area contributed by atoms with Crippen LogP contribution >= 0.6 is 0 Å². The maximum absolute atomic E-state index is 4.89. The van der Waals surface area contributed by atoms with Crippen molar-refractivity contribution in [2.24, 2.45) is 0 Å². The molecule has 3 heteroatoms. The lowest BCUT2D eigenvalue weighted by Gasteiger charge is -2.32. The zero-order valence-corrected chi connectivity index (χ0v) is 34.3. The molecule has 2 unspecified atom stereocenters. The van der Waals surface area contributed by atoms with Crippen molar-refractivity contribution in [3.05, 3.63) is 167 Å². The molecule has 278 valence electrons. The van der Waals surface area contributed by atoms with Gasteiger partial charge >= 0.3 is 0 Å². The van der Waals surface area contributed by atoms with Gasteiger partial charge in [0.15, 0.2) is 24.1 Å². The minimum atomic E-state index is -0.00261. The molecule has 0 saturated heterocycles. The van der Waals surface area contributed by atoms with Gasteiger partial charge in [-0.15, -0.1) is 0 Å². The van der Waals surface area contributed by atoms with E-state index in [0.717, 1.165) is 25.0 Å². The number of allylic oxidation sites excluding steroid dienone is 1. The van der Waals surface area contributed by atoms with Gasteiger partial charge in [0.05, 0.1) is 12.0 Å². The summed E-state index contributed by atoms with van der Waals surface area (Å²) in [5.41, 5.74) is 22.0. The Morgan fingerprint density at radius 2 is 1.41 bits per heavy atom. The third-order valence-corrected chi connectivity index (χ3v) is 12.8. The number of pyridine rings is 3. The van der Waals surface area contributed by atoms with Crippen LogP contribution in [-0.4, -0.2) is 4.98 Å². The molecule has 56 heavy (non-hydrogen) atoms. The van der Waals surface area contributed by atoms with E-state index in [0.29, 0.717) is 5.92 Å². The zero-order valence-electron chi connectivity index (χ0n) is 34.3. The molecule has 0 N–H and O–H groups in total. The van der Waals surface area contributed by atoms with Gasteiger partial charge in [-0.2, -0.15) is 9.13 Å². The molecule has 9 rings (SSSR count). The SMILES string of the molecule is C=C1CC2C(CCc3ccc(-c4ccc(-c5ccc(C)cc5C)c5cnccc45)cc3-c3cc(C(C)(C)C)cc[n+]31)c1cc(C)ccc1-c1cc(C)c(C)c[n+]12. The van der Waals surface area contributed by atoms with Crippen molar-refractivity contribution in [1.82, 2.24) is 4.98 Å². The van der Waals surface area contributed by atoms with Crippen LogP contribution in [0.1, 0.15) is 90.1 Å². The fourth-order valence-electron chi connectivity index (χ4n) is 9.57. The number of aryl methyl sites for hydroxylation is 6. The van der Waals surface area contributed by atoms with Crippen molar-refractivity contribution in [2.45, 2.75) is 92.0 Å². The molecule has 0 fully saturated rings. The molecule has 3 nitrogen and oxygen atoms in total. The van der Waals surface area contributed by atoms with E-state index in [4.69, 9.17) is 6.58 Å². The van der Waals surface area contributed by atoms with E-state index in [1.807, 2.05) is 12.4 Å².